The summed E-state index contributed by atoms with van der Waals surface area (Å²) >= 11 is 0. The highest BCUT2D eigenvalue weighted by atomic mass is 16.4. The van der Waals surface area contributed by atoms with Crippen LogP contribution in [0.25, 0.3) is 0 Å². The molecule has 3 heteroatoms. The summed E-state index contributed by atoms with van der Waals surface area (Å²) in [7, 11) is 0. The summed E-state index contributed by atoms with van der Waals surface area (Å²) in [5.74, 6) is 0. The van der Waals surface area contributed by atoms with Crippen molar-refractivity contribution in [2.24, 2.45) is 0 Å². The van der Waals surface area contributed by atoms with E-state index in [1.54, 1.807) is 4.90 Å². The summed E-state index contributed by atoms with van der Waals surface area (Å²) in [6.07, 6.45) is 5.17. The first kappa shape index (κ1) is 6.95. The number of carbonyl (C=O) groups is 1. The van der Waals surface area contributed by atoms with Crippen LogP contribution in [0.15, 0.2) is 0 Å². The molecule has 1 aliphatic heterocycles. The maximum atomic E-state index is 10.6. The highest BCUT2D eigenvalue weighted by molar-refractivity contribution is 5.70. The van der Waals surface area contributed by atoms with Crippen molar-refractivity contribution >= 4 is 6.09 Å². The van der Waals surface area contributed by atoms with Gasteiger partial charge in [0, 0.05) is 6.54 Å². The van der Waals surface area contributed by atoms with Crippen molar-refractivity contribution in [1.29, 1.82) is 0 Å². The standard InChI is InChI=1S/C8H13NO2/c10-7(11)9-6-8(9)4-2-1-3-5-8/h1-6H2,(H,10,11). The topological polar surface area (TPSA) is 40.3 Å². The van der Waals surface area contributed by atoms with Gasteiger partial charge in [0.25, 0.3) is 0 Å². The molecule has 1 spiro atoms. The van der Waals surface area contributed by atoms with E-state index in [-0.39, 0.29) is 5.54 Å². The molecular weight excluding hydrogens is 142 g/mol. The van der Waals surface area contributed by atoms with Crippen molar-refractivity contribution in [2.45, 2.75) is 37.6 Å². The van der Waals surface area contributed by atoms with Gasteiger partial charge >= 0.3 is 6.09 Å². The first-order chi connectivity index (χ1) is 5.25. The lowest BCUT2D eigenvalue weighted by Gasteiger charge is -2.20. The molecule has 3 nitrogen and oxygen atoms in total. The molecule has 0 unspecified atom stereocenters. The molecule has 62 valence electrons. The second-order valence-corrected chi connectivity index (χ2v) is 3.65. The Morgan fingerprint density at radius 1 is 1.27 bits per heavy atom. The van der Waals surface area contributed by atoms with E-state index in [9.17, 15) is 4.79 Å². The van der Waals surface area contributed by atoms with Crippen molar-refractivity contribution in [3.8, 4) is 0 Å². The first-order valence-corrected chi connectivity index (χ1v) is 4.25. The Morgan fingerprint density at radius 3 is 2.36 bits per heavy atom. The molecule has 1 heterocycles. The Morgan fingerprint density at radius 2 is 1.91 bits per heavy atom. The predicted molar refractivity (Wildman–Crippen MR) is 40.5 cm³/mol. The van der Waals surface area contributed by atoms with Gasteiger partial charge in [-0.1, -0.05) is 19.3 Å². The summed E-state index contributed by atoms with van der Waals surface area (Å²) in [6.45, 7) is 0.794. The fourth-order valence-corrected chi connectivity index (χ4v) is 2.17. The number of amides is 1. The number of nitrogens with zero attached hydrogens (tertiary/aromatic N) is 1. The lowest BCUT2D eigenvalue weighted by atomic mass is 9.89. The van der Waals surface area contributed by atoms with Crippen LogP contribution >= 0.6 is 0 Å². The molecule has 2 aliphatic rings. The highest BCUT2D eigenvalue weighted by Gasteiger charge is 2.54. The first-order valence-electron chi connectivity index (χ1n) is 4.25. The van der Waals surface area contributed by atoms with E-state index in [1.807, 2.05) is 0 Å². The molecule has 0 bridgehead atoms. The Hall–Kier alpha value is -0.730. The molecule has 1 amide bonds. The van der Waals surface area contributed by atoms with Crippen LogP contribution in [0.2, 0.25) is 0 Å². The van der Waals surface area contributed by atoms with E-state index >= 15 is 0 Å². The lowest BCUT2D eigenvalue weighted by Crippen LogP contribution is -2.24. The van der Waals surface area contributed by atoms with Crippen molar-refractivity contribution in [1.82, 2.24) is 4.90 Å². The van der Waals surface area contributed by atoms with Gasteiger partial charge in [-0.25, -0.2) is 4.79 Å². The van der Waals surface area contributed by atoms with Crippen LogP contribution in [0.4, 0.5) is 4.79 Å². The summed E-state index contributed by atoms with van der Waals surface area (Å²) < 4.78 is 0. The summed E-state index contributed by atoms with van der Waals surface area (Å²) in [5, 5.41) is 8.70. The van der Waals surface area contributed by atoms with Crippen LogP contribution in [0.3, 0.4) is 0 Å². The van der Waals surface area contributed by atoms with Gasteiger partial charge in [0.2, 0.25) is 0 Å². The van der Waals surface area contributed by atoms with Gasteiger partial charge in [-0.2, -0.15) is 0 Å². The molecule has 0 aromatic rings. The second kappa shape index (κ2) is 2.13. The van der Waals surface area contributed by atoms with Gasteiger partial charge in [0.15, 0.2) is 0 Å². The molecule has 0 aromatic carbocycles. The number of hydrogen-bond acceptors (Lipinski definition) is 1. The maximum absolute atomic E-state index is 10.6. The molecule has 2 rings (SSSR count). The smallest absolute Gasteiger partial charge is 0.407 e. The summed E-state index contributed by atoms with van der Waals surface area (Å²) in [6, 6.07) is 0. The third kappa shape index (κ3) is 0.988. The van der Waals surface area contributed by atoms with Crippen molar-refractivity contribution in [3.05, 3.63) is 0 Å². The molecule has 1 aliphatic carbocycles. The zero-order valence-electron chi connectivity index (χ0n) is 6.55. The van der Waals surface area contributed by atoms with E-state index < -0.39 is 6.09 Å². The third-order valence-corrected chi connectivity index (χ3v) is 2.94. The minimum Gasteiger partial charge on any atom is -0.465 e. The van der Waals surface area contributed by atoms with Gasteiger partial charge in [-0.3, -0.25) is 4.90 Å². The minimum absolute atomic E-state index is 0.101. The van der Waals surface area contributed by atoms with Crippen molar-refractivity contribution < 1.29 is 9.90 Å². The molecule has 1 N–H and O–H groups in total. The summed E-state index contributed by atoms with van der Waals surface area (Å²) in [5.41, 5.74) is 0.101. The van der Waals surface area contributed by atoms with Gasteiger partial charge in [-0.15, -0.1) is 0 Å². The van der Waals surface area contributed by atoms with Crippen LogP contribution < -0.4 is 0 Å². The molecule has 0 radical (unpaired) electrons. The second-order valence-electron chi connectivity index (χ2n) is 3.65. The van der Waals surface area contributed by atoms with Crippen molar-refractivity contribution in [3.63, 3.8) is 0 Å². The van der Waals surface area contributed by atoms with E-state index in [1.165, 1.54) is 19.3 Å². The van der Waals surface area contributed by atoms with E-state index in [4.69, 9.17) is 5.11 Å². The van der Waals surface area contributed by atoms with Gasteiger partial charge in [0.1, 0.15) is 0 Å². The van der Waals surface area contributed by atoms with Gasteiger partial charge < -0.3 is 5.11 Å². The highest BCUT2D eigenvalue weighted by Crippen LogP contribution is 2.44. The fourth-order valence-electron chi connectivity index (χ4n) is 2.17. The Bertz CT molecular complexity index is 185. The monoisotopic (exact) mass is 155 g/mol. The van der Waals surface area contributed by atoms with E-state index in [0.29, 0.717) is 0 Å². The normalized spacial score (nSPS) is 27.1. The van der Waals surface area contributed by atoms with E-state index in [2.05, 4.69) is 0 Å². The predicted octanol–water partition coefficient (Wildman–Crippen LogP) is 1.68. The molecular formula is C8H13NO2. The van der Waals surface area contributed by atoms with E-state index in [0.717, 1.165) is 19.4 Å². The van der Waals surface area contributed by atoms with Crippen LogP contribution in [-0.2, 0) is 0 Å². The molecule has 2 fully saturated rings. The zero-order valence-corrected chi connectivity index (χ0v) is 6.55. The molecule has 0 atom stereocenters. The molecule has 1 saturated heterocycles. The molecule has 11 heavy (non-hydrogen) atoms. The van der Waals surface area contributed by atoms with Crippen LogP contribution in [0, 0.1) is 0 Å². The maximum Gasteiger partial charge on any atom is 0.407 e. The van der Waals surface area contributed by atoms with Gasteiger partial charge in [0.05, 0.1) is 5.54 Å². The summed E-state index contributed by atoms with van der Waals surface area (Å²) in [4.78, 5) is 12.2. The number of hydrogen-bond donors (Lipinski definition) is 1. The largest absolute Gasteiger partial charge is 0.465 e. The van der Waals surface area contributed by atoms with Crippen LogP contribution in [-0.4, -0.2) is 28.2 Å². The average Bonchev–Trinajstić information content (AvgIpc) is 2.66. The zero-order chi connectivity index (χ0) is 7.90. The van der Waals surface area contributed by atoms with Crippen LogP contribution in [0.5, 0.6) is 0 Å². The van der Waals surface area contributed by atoms with Crippen molar-refractivity contribution in [2.75, 3.05) is 6.54 Å². The lowest BCUT2D eigenvalue weighted by molar-refractivity contribution is 0.165. The third-order valence-electron chi connectivity index (χ3n) is 2.94. The molecule has 1 saturated carbocycles. The van der Waals surface area contributed by atoms with Crippen LogP contribution in [0.1, 0.15) is 32.1 Å². The quantitative estimate of drug-likeness (QED) is 0.541. The SMILES string of the molecule is O=C(O)N1CC12CCCCC2. The fraction of sp³-hybridized carbons (Fsp3) is 0.875. The Labute approximate surface area is 66.0 Å². The average molecular weight is 155 g/mol. The minimum atomic E-state index is -0.730. The molecule has 0 aromatic heterocycles. The number of rotatable bonds is 0. The Kier molecular flexibility index (Phi) is 1.34. The number of carboxylic acid groups (broad SMARTS) is 1. The Balaban J connectivity index is 1.99. The van der Waals surface area contributed by atoms with Gasteiger partial charge in [-0.05, 0) is 12.8 Å².